The predicted molar refractivity (Wildman–Crippen MR) is 77.7 cm³/mol. The van der Waals surface area contributed by atoms with Gasteiger partial charge in [0.25, 0.3) is 0 Å². The average Bonchev–Trinajstić information content (AvgIpc) is 2.32. The highest BCUT2D eigenvalue weighted by atomic mass is 35.5. The molecule has 0 radical (unpaired) electrons. The van der Waals surface area contributed by atoms with E-state index in [1.165, 1.54) is 18.4 Å². The number of benzene rings is 1. The Morgan fingerprint density at radius 2 is 1.94 bits per heavy atom. The zero-order valence-electron chi connectivity index (χ0n) is 11.6. The van der Waals surface area contributed by atoms with Crippen molar-refractivity contribution in [2.24, 2.45) is 5.92 Å². The second-order valence-electron chi connectivity index (χ2n) is 5.56. The Labute approximate surface area is 117 Å². The Morgan fingerprint density at radius 1 is 1.28 bits per heavy atom. The zero-order valence-corrected chi connectivity index (χ0v) is 12.4. The molecule has 0 aromatic heterocycles. The molecule has 1 fully saturated rings. The van der Waals surface area contributed by atoms with Gasteiger partial charge in [0.2, 0.25) is 0 Å². The fourth-order valence-corrected chi connectivity index (χ4v) is 2.39. The topological polar surface area (TPSA) is 12.5 Å². The first-order chi connectivity index (χ1) is 8.10. The van der Waals surface area contributed by atoms with E-state index in [2.05, 4.69) is 50.1 Å². The van der Waals surface area contributed by atoms with Gasteiger partial charge in [-0.3, -0.25) is 4.84 Å². The highest BCUT2D eigenvalue weighted by Crippen LogP contribution is 2.33. The summed E-state index contributed by atoms with van der Waals surface area (Å²) in [5.41, 5.74) is 1.38. The molecule has 1 aliphatic rings. The normalized spacial score (nSPS) is 23.4. The first kappa shape index (κ1) is 15.5. The minimum Gasteiger partial charge on any atom is -0.294 e. The summed E-state index contributed by atoms with van der Waals surface area (Å²) in [6.45, 7) is 8.60. The van der Waals surface area contributed by atoms with Crippen molar-refractivity contribution in [3.8, 4) is 0 Å². The maximum Gasteiger partial charge on any atom is 0.0936 e. The third kappa shape index (κ3) is 3.47. The summed E-state index contributed by atoms with van der Waals surface area (Å²) in [4.78, 5) is 5.99. The van der Waals surface area contributed by atoms with Crippen LogP contribution in [0.5, 0.6) is 0 Å². The molecule has 1 aromatic carbocycles. The van der Waals surface area contributed by atoms with Crippen LogP contribution in [0.4, 0.5) is 0 Å². The SMILES string of the molecule is CC1CCCN(OCc2ccccc2)C1(C)C.Cl. The molecule has 102 valence electrons. The molecule has 0 aliphatic carbocycles. The predicted octanol–water partition coefficient (Wildman–Crippen LogP) is 4.05. The molecule has 1 atom stereocenters. The van der Waals surface area contributed by atoms with Gasteiger partial charge in [0, 0.05) is 12.1 Å². The van der Waals surface area contributed by atoms with Crippen LogP contribution in [0.1, 0.15) is 39.2 Å². The van der Waals surface area contributed by atoms with Gasteiger partial charge in [0.15, 0.2) is 0 Å². The summed E-state index contributed by atoms with van der Waals surface area (Å²) < 4.78 is 0. The lowest BCUT2D eigenvalue weighted by Gasteiger charge is -2.45. The van der Waals surface area contributed by atoms with Crippen molar-refractivity contribution in [1.82, 2.24) is 5.06 Å². The highest BCUT2D eigenvalue weighted by molar-refractivity contribution is 5.85. The van der Waals surface area contributed by atoms with Crippen LogP contribution in [-0.4, -0.2) is 17.1 Å². The molecule has 0 spiro atoms. The Balaban J connectivity index is 0.00000162. The molecule has 1 aromatic rings. The largest absolute Gasteiger partial charge is 0.294 e. The maximum absolute atomic E-state index is 5.99. The van der Waals surface area contributed by atoms with Crippen LogP contribution < -0.4 is 0 Å². The van der Waals surface area contributed by atoms with Crippen LogP contribution >= 0.6 is 12.4 Å². The zero-order chi connectivity index (χ0) is 12.3. The number of hydrogen-bond donors (Lipinski definition) is 0. The third-order valence-corrected chi connectivity index (χ3v) is 4.08. The molecule has 1 heterocycles. The summed E-state index contributed by atoms with van der Waals surface area (Å²) in [6.07, 6.45) is 2.54. The Bertz CT molecular complexity index is 353. The van der Waals surface area contributed by atoms with E-state index in [0.717, 1.165) is 6.54 Å². The van der Waals surface area contributed by atoms with E-state index in [9.17, 15) is 0 Å². The van der Waals surface area contributed by atoms with E-state index >= 15 is 0 Å². The van der Waals surface area contributed by atoms with E-state index in [4.69, 9.17) is 4.84 Å². The number of nitrogens with zero attached hydrogens (tertiary/aromatic N) is 1. The lowest BCUT2D eigenvalue weighted by molar-refractivity contribution is -0.248. The van der Waals surface area contributed by atoms with Crippen LogP contribution in [-0.2, 0) is 11.4 Å². The monoisotopic (exact) mass is 269 g/mol. The van der Waals surface area contributed by atoms with Gasteiger partial charge in [0.05, 0.1) is 6.61 Å². The number of hydroxylamine groups is 2. The number of rotatable bonds is 3. The van der Waals surface area contributed by atoms with Crippen LogP contribution in [0.3, 0.4) is 0 Å². The molecule has 0 N–H and O–H groups in total. The summed E-state index contributed by atoms with van der Waals surface area (Å²) in [7, 11) is 0. The quantitative estimate of drug-likeness (QED) is 0.821. The van der Waals surface area contributed by atoms with Gasteiger partial charge in [-0.1, -0.05) is 37.3 Å². The molecular formula is C15H24ClNO. The van der Waals surface area contributed by atoms with Crippen molar-refractivity contribution in [2.75, 3.05) is 6.54 Å². The molecule has 0 saturated carbocycles. The molecule has 0 amide bonds. The smallest absolute Gasteiger partial charge is 0.0936 e. The van der Waals surface area contributed by atoms with E-state index in [1.807, 2.05) is 6.07 Å². The van der Waals surface area contributed by atoms with Crippen LogP contribution in [0.25, 0.3) is 0 Å². The van der Waals surface area contributed by atoms with Gasteiger partial charge in [-0.15, -0.1) is 12.4 Å². The van der Waals surface area contributed by atoms with Crippen molar-refractivity contribution in [2.45, 2.75) is 45.8 Å². The number of hydrogen-bond acceptors (Lipinski definition) is 2. The molecule has 18 heavy (non-hydrogen) atoms. The van der Waals surface area contributed by atoms with Gasteiger partial charge < -0.3 is 0 Å². The van der Waals surface area contributed by atoms with Crippen LogP contribution in [0, 0.1) is 5.92 Å². The van der Waals surface area contributed by atoms with Gasteiger partial charge in [-0.2, -0.15) is 5.06 Å². The fourth-order valence-electron chi connectivity index (χ4n) is 2.39. The van der Waals surface area contributed by atoms with E-state index in [1.54, 1.807) is 0 Å². The summed E-state index contributed by atoms with van der Waals surface area (Å²) in [5.74, 6) is 0.687. The first-order valence-electron chi connectivity index (χ1n) is 6.55. The summed E-state index contributed by atoms with van der Waals surface area (Å²) in [6, 6.07) is 10.4. The lowest BCUT2D eigenvalue weighted by atomic mass is 9.82. The Morgan fingerprint density at radius 3 is 2.61 bits per heavy atom. The Hall–Kier alpha value is -0.570. The summed E-state index contributed by atoms with van der Waals surface area (Å²) in [5, 5.41) is 2.17. The Kier molecular flexibility index (Phi) is 5.64. The summed E-state index contributed by atoms with van der Waals surface area (Å²) >= 11 is 0. The van der Waals surface area contributed by atoms with Gasteiger partial charge in [-0.05, 0) is 38.2 Å². The van der Waals surface area contributed by atoms with Crippen molar-refractivity contribution in [3.05, 3.63) is 35.9 Å². The number of halogens is 1. The standard InChI is InChI=1S/C15H23NO.ClH/c1-13-8-7-11-16(15(13,2)3)17-12-14-9-5-4-6-10-14;/h4-6,9-10,13H,7-8,11-12H2,1-3H3;1H. The molecular weight excluding hydrogens is 246 g/mol. The second-order valence-corrected chi connectivity index (χ2v) is 5.56. The average molecular weight is 270 g/mol. The van der Waals surface area contributed by atoms with Gasteiger partial charge in [0.1, 0.15) is 0 Å². The molecule has 1 aliphatic heterocycles. The van der Waals surface area contributed by atoms with Crippen molar-refractivity contribution in [1.29, 1.82) is 0 Å². The molecule has 2 nitrogen and oxygen atoms in total. The van der Waals surface area contributed by atoms with Gasteiger partial charge in [-0.25, -0.2) is 0 Å². The van der Waals surface area contributed by atoms with Gasteiger partial charge >= 0.3 is 0 Å². The minimum atomic E-state index is 0. The minimum absolute atomic E-state index is 0. The molecule has 3 heteroatoms. The van der Waals surface area contributed by atoms with E-state index < -0.39 is 0 Å². The first-order valence-corrected chi connectivity index (χ1v) is 6.55. The molecule has 2 rings (SSSR count). The maximum atomic E-state index is 5.99. The number of piperidine rings is 1. The third-order valence-electron chi connectivity index (χ3n) is 4.08. The lowest BCUT2D eigenvalue weighted by Crippen LogP contribution is -2.51. The van der Waals surface area contributed by atoms with Crippen molar-refractivity contribution < 1.29 is 4.84 Å². The molecule has 0 bridgehead atoms. The van der Waals surface area contributed by atoms with Crippen LogP contribution in [0.15, 0.2) is 30.3 Å². The fraction of sp³-hybridized carbons (Fsp3) is 0.600. The second kappa shape index (κ2) is 6.55. The molecule has 1 saturated heterocycles. The molecule has 1 unspecified atom stereocenters. The highest BCUT2D eigenvalue weighted by Gasteiger charge is 2.36. The van der Waals surface area contributed by atoms with Crippen molar-refractivity contribution in [3.63, 3.8) is 0 Å². The van der Waals surface area contributed by atoms with E-state index in [-0.39, 0.29) is 17.9 Å². The van der Waals surface area contributed by atoms with Crippen LogP contribution in [0.2, 0.25) is 0 Å². The van der Waals surface area contributed by atoms with E-state index in [0.29, 0.717) is 12.5 Å². The van der Waals surface area contributed by atoms with Crippen molar-refractivity contribution >= 4 is 12.4 Å².